The minimum Gasteiger partial charge on any atom is -0.310 e. The molecule has 3 heterocycles. The first-order valence-electron chi connectivity index (χ1n) is 11.9. The van der Waals surface area contributed by atoms with Gasteiger partial charge in [0, 0.05) is 17.2 Å². The highest BCUT2D eigenvalue weighted by Crippen LogP contribution is 2.32. The maximum Gasteiger partial charge on any atom is 0.256 e. The zero-order valence-corrected chi connectivity index (χ0v) is 21.8. The van der Waals surface area contributed by atoms with Crippen LogP contribution in [-0.4, -0.2) is 30.6 Å². The lowest BCUT2D eigenvalue weighted by molar-refractivity contribution is 0.102. The third-order valence-corrected chi connectivity index (χ3v) is 7.06. The molecule has 0 fully saturated rings. The molecule has 3 aromatic heterocycles. The maximum atomic E-state index is 13.0. The van der Waals surface area contributed by atoms with Crippen molar-refractivity contribution in [3.63, 3.8) is 0 Å². The molecule has 36 heavy (non-hydrogen) atoms. The van der Waals surface area contributed by atoms with Crippen molar-refractivity contribution >= 4 is 33.3 Å². The number of pyridine rings is 1. The van der Waals surface area contributed by atoms with Crippen LogP contribution >= 0.6 is 11.3 Å². The van der Waals surface area contributed by atoms with Gasteiger partial charge in [0.15, 0.2) is 5.82 Å². The van der Waals surface area contributed by atoms with Crippen molar-refractivity contribution in [2.24, 2.45) is 0 Å². The average Bonchev–Trinajstić information content (AvgIpc) is 3.51. The molecule has 5 aromatic rings. The third kappa shape index (κ3) is 4.77. The van der Waals surface area contributed by atoms with E-state index in [9.17, 15) is 4.79 Å². The van der Waals surface area contributed by atoms with Gasteiger partial charge in [-0.3, -0.25) is 4.79 Å². The summed E-state index contributed by atoms with van der Waals surface area (Å²) in [5.74, 6) is 0.895. The molecule has 7 nitrogen and oxygen atoms in total. The van der Waals surface area contributed by atoms with Gasteiger partial charge in [-0.25, -0.2) is 9.97 Å². The molecule has 0 bridgehead atoms. The molecule has 182 valence electrons. The van der Waals surface area contributed by atoms with Gasteiger partial charge in [0.05, 0.1) is 10.2 Å². The minimum absolute atomic E-state index is 0.106. The fourth-order valence-corrected chi connectivity index (χ4v) is 4.93. The molecule has 0 radical (unpaired) electrons. The number of carbonyl (C=O) groups excluding carboxylic acids is 1. The van der Waals surface area contributed by atoms with Crippen molar-refractivity contribution < 1.29 is 4.79 Å². The van der Waals surface area contributed by atoms with E-state index in [-0.39, 0.29) is 17.4 Å². The Labute approximate surface area is 214 Å². The number of thiazole rings is 1. The Hall–Kier alpha value is -3.91. The summed E-state index contributed by atoms with van der Waals surface area (Å²) in [6, 6.07) is 19.8. The number of nitrogens with zero attached hydrogens (tertiary/aromatic N) is 5. The topological polar surface area (TPSA) is 85.6 Å². The lowest BCUT2D eigenvalue weighted by Gasteiger charge is -2.18. The van der Waals surface area contributed by atoms with Gasteiger partial charge in [0.2, 0.25) is 0 Å². The summed E-state index contributed by atoms with van der Waals surface area (Å²) in [7, 11) is 0. The van der Waals surface area contributed by atoms with Crippen molar-refractivity contribution in [1.29, 1.82) is 0 Å². The second kappa shape index (κ2) is 9.28. The Morgan fingerprint density at radius 1 is 1.00 bits per heavy atom. The van der Waals surface area contributed by atoms with Crippen LogP contribution in [0.2, 0.25) is 0 Å². The van der Waals surface area contributed by atoms with Gasteiger partial charge >= 0.3 is 0 Å². The fraction of sp³-hybridized carbons (Fsp3) is 0.250. The Balaban J connectivity index is 1.37. The van der Waals surface area contributed by atoms with Crippen molar-refractivity contribution in [1.82, 2.24) is 24.7 Å². The van der Waals surface area contributed by atoms with E-state index >= 15 is 0 Å². The van der Waals surface area contributed by atoms with E-state index in [2.05, 4.69) is 79.4 Å². The van der Waals surface area contributed by atoms with Crippen molar-refractivity contribution in [3.05, 3.63) is 78.1 Å². The molecule has 0 saturated carbocycles. The first-order valence-corrected chi connectivity index (χ1v) is 12.7. The Morgan fingerprint density at radius 2 is 1.78 bits per heavy atom. The number of rotatable bonds is 5. The highest BCUT2D eigenvalue weighted by molar-refractivity contribution is 7.21. The third-order valence-electron chi connectivity index (χ3n) is 6.00. The van der Waals surface area contributed by atoms with E-state index in [1.807, 2.05) is 28.8 Å². The molecule has 5 rings (SSSR count). The van der Waals surface area contributed by atoms with Crippen LogP contribution in [0, 0.1) is 0 Å². The van der Waals surface area contributed by atoms with Gasteiger partial charge in [-0.15, -0.1) is 21.5 Å². The molecule has 0 unspecified atom stereocenters. The summed E-state index contributed by atoms with van der Waals surface area (Å²) < 4.78 is 2.91. The standard InChI is InChI=1S/C28H28N6OS/c1-17(2)34-16-29-33-25(34)22-7-6-8-24(30-22)32-26(35)19-11-14-21-23(15-19)36-27(31-21)18-9-12-20(13-10-18)28(3,4)5/h6-17H,1-5H3,(H,30,32,35). The summed E-state index contributed by atoms with van der Waals surface area (Å²) >= 11 is 1.58. The molecular weight excluding hydrogens is 468 g/mol. The molecule has 0 aliphatic carbocycles. The maximum absolute atomic E-state index is 13.0. The molecule has 0 spiro atoms. The molecule has 1 N–H and O–H groups in total. The van der Waals surface area contributed by atoms with Crippen LogP contribution in [0.1, 0.15) is 56.6 Å². The van der Waals surface area contributed by atoms with Crippen LogP contribution in [0.25, 0.3) is 32.3 Å². The van der Waals surface area contributed by atoms with E-state index in [0.717, 1.165) is 20.8 Å². The number of anilines is 1. The van der Waals surface area contributed by atoms with Gasteiger partial charge in [0.1, 0.15) is 22.8 Å². The van der Waals surface area contributed by atoms with E-state index < -0.39 is 0 Å². The summed E-state index contributed by atoms with van der Waals surface area (Å²) in [5.41, 5.74) is 4.55. The first kappa shape index (κ1) is 23.8. The van der Waals surface area contributed by atoms with Crippen molar-refractivity contribution in [3.8, 4) is 22.1 Å². The predicted octanol–water partition coefficient (Wildman–Crippen LogP) is 6.75. The normalized spacial score (nSPS) is 11.8. The van der Waals surface area contributed by atoms with Crippen LogP contribution in [0.15, 0.2) is 67.0 Å². The van der Waals surface area contributed by atoms with E-state index in [1.54, 1.807) is 29.8 Å². The zero-order valence-electron chi connectivity index (χ0n) is 21.0. The molecule has 0 atom stereocenters. The summed E-state index contributed by atoms with van der Waals surface area (Å²) in [6.45, 7) is 10.7. The monoisotopic (exact) mass is 496 g/mol. The smallest absolute Gasteiger partial charge is 0.256 e. The highest BCUT2D eigenvalue weighted by atomic mass is 32.1. The first-order chi connectivity index (χ1) is 17.2. The number of hydrogen-bond donors (Lipinski definition) is 1. The van der Waals surface area contributed by atoms with Gasteiger partial charge in [-0.1, -0.05) is 51.1 Å². The number of amides is 1. The second-order valence-corrected chi connectivity index (χ2v) is 11.1. The van der Waals surface area contributed by atoms with Gasteiger partial charge in [-0.2, -0.15) is 0 Å². The lowest BCUT2D eigenvalue weighted by Crippen LogP contribution is -2.13. The van der Waals surface area contributed by atoms with Gasteiger partial charge < -0.3 is 9.88 Å². The number of nitrogens with one attached hydrogen (secondary N) is 1. The molecule has 0 aliphatic heterocycles. The second-order valence-electron chi connectivity index (χ2n) is 10.0. The molecule has 8 heteroatoms. The van der Waals surface area contributed by atoms with Gasteiger partial charge in [-0.05, 0) is 55.2 Å². The average molecular weight is 497 g/mol. The molecule has 2 aromatic carbocycles. The number of carbonyl (C=O) groups is 1. The SMILES string of the molecule is CC(C)n1cnnc1-c1cccc(NC(=O)c2ccc3nc(-c4ccc(C(C)(C)C)cc4)sc3c2)n1. The van der Waals surface area contributed by atoms with E-state index in [1.165, 1.54) is 5.56 Å². The highest BCUT2D eigenvalue weighted by Gasteiger charge is 2.16. The van der Waals surface area contributed by atoms with Crippen LogP contribution in [0.3, 0.4) is 0 Å². The number of aromatic nitrogens is 5. The van der Waals surface area contributed by atoms with Crippen molar-refractivity contribution in [2.45, 2.75) is 46.1 Å². The Bertz CT molecular complexity index is 1540. The predicted molar refractivity (Wildman–Crippen MR) is 145 cm³/mol. The minimum atomic E-state index is -0.226. The lowest BCUT2D eigenvalue weighted by atomic mass is 9.87. The Morgan fingerprint density at radius 3 is 2.50 bits per heavy atom. The molecule has 1 amide bonds. The quantitative estimate of drug-likeness (QED) is 0.291. The van der Waals surface area contributed by atoms with E-state index in [0.29, 0.717) is 22.9 Å². The van der Waals surface area contributed by atoms with E-state index in [4.69, 9.17) is 4.98 Å². The summed E-state index contributed by atoms with van der Waals surface area (Å²) in [4.78, 5) is 22.4. The van der Waals surface area contributed by atoms with Crippen molar-refractivity contribution in [2.75, 3.05) is 5.32 Å². The number of hydrogen-bond acceptors (Lipinski definition) is 6. The Kier molecular flexibility index (Phi) is 6.14. The van der Waals surface area contributed by atoms with Crippen LogP contribution in [-0.2, 0) is 5.41 Å². The summed E-state index contributed by atoms with van der Waals surface area (Å²) in [5, 5.41) is 12.0. The molecule has 0 aliphatic rings. The molecule has 0 saturated heterocycles. The summed E-state index contributed by atoms with van der Waals surface area (Å²) in [6.07, 6.45) is 1.68. The van der Waals surface area contributed by atoms with Crippen LogP contribution < -0.4 is 5.32 Å². The fourth-order valence-electron chi connectivity index (χ4n) is 3.92. The number of fused-ring (bicyclic) bond motifs is 1. The number of benzene rings is 2. The van der Waals surface area contributed by atoms with Crippen LogP contribution in [0.5, 0.6) is 0 Å². The van der Waals surface area contributed by atoms with Crippen LogP contribution in [0.4, 0.5) is 5.82 Å². The largest absolute Gasteiger partial charge is 0.310 e. The zero-order chi connectivity index (χ0) is 25.4. The van der Waals surface area contributed by atoms with Gasteiger partial charge in [0.25, 0.3) is 5.91 Å². The molecular formula is C28H28N6OS.